The maximum absolute atomic E-state index is 12.0. The maximum atomic E-state index is 12.0. The number of amides is 1. The van der Waals surface area contributed by atoms with E-state index in [2.05, 4.69) is 10.3 Å². The zero-order valence-corrected chi connectivity index (χ0v) is 11.5. The molecule has 0 fully saturated rings. The van der Waals surface area contributed by atoms with Gasteiger partial charge in [0.25, 0.3) is 5.91 Å². The quantitative estimate of drug-likeness (QED) is 0.837. The van der Waals surface area contributed by atoms with Crippen molar-refractivity contribution in [1.82, 2.24) is 9.88 Å². The van der Waals surface area contributed by atoms with E-state index in [1.54, 1.807) is 27.1 Å². The monoisotopic (exact) mass is 257 g/mol. The SMILES string of the molecule is CCNc1ncc(C(=O)N(C)CC(C)(C)O)s1. The fourth-order valence-corrected chi connectivity index (χ4v) is 2.33. The van der Waals surface area contributed by atoms with Crippen LogP contribution in [0.25, 0.3) is 0 Å². The summed E-state index contributed by atoms with van der Waals surface area (Å²) in [5.74, 6) is -0.117. The Morgan fingerprint density at radius 1 is 1.65 bits per heavy atom. The highest BCUT2D eigenvalue weighted by Crippen LogP contribution is 2.19. The van der Waals surface area contributed by atoms with E-state index >= 15 is 0 Å². The van der Waals surface area contributed by atoms with Crippen LogP contribution in [0.3, 0.4) is 0 Å². The first-order valence-electron chi connectivity index (χ1n) is 5.51. The summed E-state index contributed by atoms with van der Waals surface area (Å²) >= 11 is 1.32. The van der Waals surface area contributed by atoms with Crippen molar-refractivity contribution in [3.05, 3.63) is 11.1 Å². The van der Waals surface area contributed by atoms with Crippen molar-refractivity contribution >= 4 is 22.4 Å². The zero-order chi connectivity index (χ0) is 13.1. The Bertz CT molecular complexity index is 384. The molecule has 0 aliphatic carbocycles. The Morgan fingerprint density at radius 3 is 2.82 bits per heavy atom. The molecule has 0 atom stereocenters. The Kier molecular flexibility index (Phi) is 4.47. The number of carbonyl (C=O) groups excluding carboxylic acids is 1. The highest BCUT2D eigenvalue weighted by atomic mass is 32.1. The van der Waals surface area contributed by atoms with Crippen LogP contribution in [0, 0.1) is 0 Å². The maximum Gasteiger partial charge on any atom is 0.265 e. The topological polar surface area (TPSA) is 65.5 Å². The molecule has 0 aliphatic heterocycles. The second-order valence-electron chi connectivity index (χ2n) is 4.53. The van der Waals surface area contributed by atoms with E-state index in [4.69, 9.17) is 0 Å². The van der Waals surface area contributed by atoms with E-state index in [0.717, 1.165) is 11.7 Å². The van der Waals surface area contributed by atoms with Gasteiger partial charge in [0.05, 0.1) is 11.8 Å². The summed E-state index contributed by atoms with van der Waals surface area (Å²) in [6, 6.07) is 0. The van der Waals surface area contributed by atoms with Gasteiger partial charge >= 0.3 is 0 Å². The lowest BCUT2D eigenvalue weighted by atomic mass is 10.1. The zero-order valence-electron chi connectivity index (χ0n) is 10.6. The molecule has 0 saturated heterocycles. The number of nitrogens with one attached hydrogen (secondary N) is 1. The summed E-state index contributed by atoms with van der Waals surface area (Å²) in [6.45, 7) is 6.39. The van der Waals surface area contributed by atoms with E-state index in [1.165, 1.54) is 16.2 Å². The molecule has 6 heteroatoms. The van der Waals surface area contributed by atoms with Gasteiger partial charge in [-0.3, -0.25) is 4.79 Å². The van der Waals surface area contributed by atoms with Crippen LogP contribution in [0.5, 0.6) is 0 Å². The van der Waals surface area contributed by atoms with Gasteiger partial charge in [0, 0.05) is 20.1 Å². The summed E-state index contributed by atoms with van der Waals surface area (Å²) in [7, 11) is 1.67. The Labute approximate surface area is 105 Å². The molecule has 17 heavy (non-hydrogen) atoms. The lowest BCUT2D eigenvalue weighted by Crippen LogP contribution is -2.39. The first kappa shape index (κ1) is 13.9. The molecule has 96 valence electrons. The lowest BCUT2D eigenvalue weighted by Gasteiger charge is -2.24. The molecule has 1 heterocycles. The lowest BCUT2D eigenvalue weighted by molar-refractivity contribution is 0.0370. The average molecular weight is 257 g/mol. The number of nitrogens with zero attached hydrogens (tertiary/aromatic N) is 2. The molecule has 0 aromatic carbocycles. The van der Waals surface area contributed by atoms with Crippen molar-refractivity contribution in [2.45, 2.75) is 26.4 Å². The number of likely N-dealkylation sites (N-methyl/N-ethyl adjacent to an activating group) is 1. The van der Waals surface area contributed by atoms with Gasteiger partial charge in [-0.15, -0.1) is 0 Å². The third kappa shape index (κ3) is 4.32. The first-order chi connectivity index (χ1) is 7.83. The van der Waals surface area contributed by atoms with Crippen LogP contribution < -0.4 is 5.32 Å². The van der Waals surface area contributed by atoms with Gasteiger partial charge in [-0.05, 0) is 20.8 Å². The second kappa shape index (κ2) is 5.46. The number of anilines is 1. The normalized spacial score (nSPS) is 11.4. The number of thiazole rings is 1. The van der Waals surface area contributed by atoms with Crippen molar-refractivity contribution in [3.8, 4) is 0 Å². The molecular formula is C11H19N3O2S. The van der Waals surface area contributed by atoms with E-state index in [1.807, 2.05) is 6.92 Å². The van der Waals surface area contributed by atoms with E-state index in [0.29, 0.717) is 11.4 Å². The minimum atomic E-state index is -0.889. The van der Waals surface area contributed by atoms with Crippen molar-refractivity contribution in [1.29, 1.82) is 0 Å². The van der Waals surface area contributed by atoms with Crippen LogP contribution in [0.4, 0.5) is 5.13 Å². The highest BCUT2D eigenvalue weighted by molar-refractivity contribution is 7.17. The van der Waals surface area contributed by atoms with Gasteiger partial charge in [-0.1, -0.05) is 11.3 Å². The molecule has 0 radical (unpaired) electrons. The van der Waals surface area contributed by atoms with Crippen LogP contribution in [0.1, 0.15) is 30.4 Å². The average Bonchev–Trinajstić information content (AvgIpc) is 2.63. The van der Waals surface area contributed by atoms with Crippen molar-refractivity contribution in [3.63, 3.8) is 0 Å². The van der Waals surface area contributed by atoms with Crippen LogP contribution in [0.2, 0.25) is 0 Å². The molecule has 1 rings (SSSR count). The molecular weight excluding hydrogens is 238 g/mol. The molecule has 0 unspecified atom stereocenters. The molecule has 5 nitrogen and oxygen atoms in total. The Hall–Kier alpha value is -1.14. The number of aliphatic hydroxyl groups is 1. The summed E-state index contributed by atoms with van der Waals surface area (Å²) in [5, 5.41) is 13.5. The Balaban J connectivity index is 2.68. The molecule has 1 aromatic rings. The fourth-order valence-electron chi connectivity index (χ4n) is 1.45. The predicted octanol–water partition coefficient (Wildman–Crippen LogP) is 1.42. The first-order valence-corrected chi connectivity index (χ1v) is 6.32. The van der Waals surface area contributed by atoms with Crippen LogP contribution in [0.15, 0.2) is 6.20 Å². The smallest absolute Gasteiger partial charge is 0.265 e. The largest absolute Gasteiger partial charge is 0.389 e. The fraction of sp³-hybridized carbons (Fsp3) is 0.636. The molecule has 1 aromatic heterocycles. The van der Waals surface area contributed by atoms with E-state index < -0.39 is 5.60 Å². The van der Waals surface area contributed by atoms with Gasteiger partial charge in [0.15, 0.2) is 5.13 Å². The molecule has 0 spiro atoms. The van der Waals surface area contributed by atoms with E-state index in [9.17, 15) is 9.90 Å². The van der Waals surface area contributed by atoms with Gasteiger partial charge in [0.2, 0.25) is 0 Å². The van der Waals surface area contributed by atoms with Gasteiger partial charge in [0.1, 0.15) is 4.88 Å². The van der Waals surface area contributed by atoms with Gasteiger partial charge in [-0.2, -0.15) is 0 Å². The molecule has 0 aliphatic rings. The minimum absolute atomic E-state index is 0.117. The third-order valence-electron chi connectivity index (χ3n) is 2.02. The molecule has 0 bridgehead atoms. The van der Waals surface area contributed by atoms with Crippen LogP contribution in [-0.4, -0.2) is 46.6 Å². The minimum Gasteiger partial charge on any atom is -0.389 e. The number of hydrogen-bond donors (Lipinski definition) is 2. The van der Waals surface area contributed by atoms with Crippen molar-refractivity contribution < 1.29 is 9.90 Å². The van der Waals surface area contributed by atoms with Crippen LogP contribution >= 0.6 is 11.3 Å². The molecule has 1 amide bonds. The molecule has 2 N–H and O–H groups in total. The van der Waals surface area contributed by atoms with Gasteiger partial charge < -0.3 is 15.3 Å². The van der Waals surface area contributed by atoms with Crippen LogP contribution in [-0.2, 0) is 0 Å². The highest BCUT2D eigenvalue weighted by Gasteiger charge is 2.21. The van der Waals surface area contributed by atoms with E-state index in [-0.39, 0.29) is 5.91 Å². The Morgan fingerprint density at radius 2 is 2.29 bits per heavy atom. The number of hydrogen-bond acceptors (Lipinski definition) is 5. The number of carbonyl (C=O) groups is 1. The second-order valence-corrected chi connectivity index (χ2v) is 5.56. The summed E-state index contributed by atoms with van der Waals surface area (Å²) in [4.78, 5) is 18.2. The summed E-state index contributed by atoms with van der Waals surface area (Å²) < 4.78 is 0. The van der Waals surface area contributed by atoms with Gasteiger partial charge in [-0.25, -0.2) is 4.98 Å². The third-order valence-corrected chi connectivity index (χ3v) is 2.96. The molecule has 0 saturated carbocycles. The number of rotatable bonds is 5. The number of aromatic nitrogens is 1. The standard InChI is InChI=1S/C11H19N3O2S/c1-5-12-10-13-6-8(17-10)9(15)14(4)7-11(2,3)16/h6,16H,5,7H2,1-4H3,(H,12,13). The summed E-state index contributed by atoms with van der Waals surface area (Å²) in [6.07, 6.45) is 1.56. The summed E-state index contributed by atoms with van der Waals surface area (Å²) in [5.41, 5.74) is -0.889. The predicted molar refractivity (Wildman–Crippen MR) is 69.5 cm³/mol. The van der Waals surface area contributed by atoms with Crippen molar-refractivity contribution in [2.24, 2.45) is 0 Å². The van der Waals surface area contributed by atoms with Crippen molar-refractivity contribution in [2.75, 3.05) is 25.5 Å².